The van der Waals surface area contributed by atoms with Gasteiger partial charge in [0.05, 0.1) is 0 Å². The quantitative estimate of drug-likeness (QED) is 0.868. The average molecular weight is 326 g/mol. The van der Waals surface area contributed by atoms with E-state index in [-0.39, 0.29) is 35.7 Å². The van der Waals surface area contributed by atoms with Crippen LogP contribution in [0.5, 0.6) is 0 Å². The summed E-state index contributed by atoms with van der Waals surface area (Å²) in [5.41, 5.74) is 7.05. The maximum atomic E-state index is 12.6. The van der Waals surface area contributed by atoms with Gasteiger partial charge in [-0.15, -0.1) is 12.4 Å². The molecule has 0 aromatic heterocycles. The first kappa shape index (κ1) is 18.5. The van der Waals surface area contributed by atoms with E-state index in [1.807, 2.05) is 4.90 Å². The fourth-order valence-electron chi connectivity index (χ4n) is 2.67. The number of hydrogen-bond acceptors (Lipinski definition) is 3. The zero-order valence-electron chi connectivity index (χ0n) is 13.3. The van der Waals surface area contributed by atoms with Gasteiger partial charge in [-0.25, -0.2) is 0 Å². The highest BCUT2D eigenvalue weighted by atomic mass is 35.5. The van der Waals surface area contributed by atoms with Crippen LogP contribution in [0.3, 0.4) is 0 Å². The molecule has 5 nitrogen and oxygen atoms in total. The Bertz CT molecular complexity index is 560. The molecule has 0 bridgehead atoms. The summed E-state index contributed by atoms with van der Waals surface area (Å²) in [5.74, 6) is -0.230. The predicted octanol–water partition coefficient (Wildman–Crippen LogP) is 1.67. The Morgan fingerprint density at radius 2 is 1.95 bits per heavy atom. The van der Waals surface area contributed by atoms with Crippen molar-refractivity contribution in [2.45, 2.75) is 26.3 Å². The molecule has 6 heteroatoms. The summed E-state index contributed by atoms with van der Waals surface area (Å²) in [6, 6.07) is 6.93. The van der Waals surface area contributed by atoms with Crippen molar-refractivity contribution in [3.63, 3.8) is 0 Å². The van der Waals surface area contributed by atoms with Gasteiger partial charge in [0.25, 0.3) is 11.8 Å². The van der Waals surface area contributed by atoms with Crippen molar-refractivity contribution < 1.29 is 9.59 Å². The van der Waals surface area contributed by atoms with Gasteiger partial charge >= 0.3 is 0 Å². The molecule has 0 saturated carbocycles. The van der Waals surface area contributed by atoms with E-state index in [0.717, 1.165) is 6.42 Å². The van der Waals surface area contributed by atoms with Gasteiger partial charge in [-0.2, -0.15) is 0 Å². The van der Waals surface area contributed by atoms with Crippen LogP contribution in [0.25, 0.3) is 0 Å². The molecule has 2 amide bonds. The number of benzene rings is 1. The summed E-state index contributed by atoms with van der Waals surface area (Å²) in [7, 11) is 1.57. The predicted molar refractivity (Wildman–Crippen MR) is 89.4 cm³/mol. The van der Waals surface area contributed by atoms with E-state index < -0.39 is 0 Å². The molecule has 1 saturated heterocycles. The number of carbonyl (C=O) groups excluding carboxylic acids is 2. The zero-order valence-corrected chi connectivity index (χ0v) is 14.1. The number of halogens is 1. The number of nitrogens with zero attached hydrogens (tertiary/aromatic N) is 1. The molecule has 1 aromatic carbocycles. The molecule has 1 atom stereocenters. The maximum Gasteiger partial charge on any atom is 0.253 e. The number of likely N-dealkylation sites (tertiary alicyclic amines) is 1. The highest BCUT2D eigenvalue weighted by Crippen LogP contribution is 2.28. The first-order valence-corrected chi connectivity index (χ1v) is 7.22. The molecular formula is C16H24ClN3O2. The molecule has 3 N–H and O–H groups in total. The van der Waals surface area contributed by atoms with Crippen LogP contribution < -0.4 is 11.1 Å². The van der Waals surface area contributed by atoms with Crippen LogP contribution >= 0.6 is 12.4 Å². The first-order valence-electron chi connectivity index (χ1n) is 7.22. The van der Waals surface area contributed by atoms with Crippen molar-refractivity contribution in [2.75, 3.05) is 20.1 Å². The van der Waals surface area contributed by atoms with Crippen molar-refractivity contribution >= 4 is 24.2 Å². The zero-order chi connectivity index (χ0) is 15.6. The number of piperidine rings is 1. The van der Waals surface area contributed by atoms with Crippen molar-refractivity contribution in [2.24, 2.45) is 11.1 Å². The largest absolute Gasteiger partial charge is 0.355 e. The molecule has 2 rings (SSSR count). The summed E-state index contributed by atoms with van der Waals surface area (Å²) in [6.45, 7) is 5.46. The first-order chi connectivity index (χ1) is 9.85. The Kier molecular flexibility index (Phi) is 5.97. The van der Waals surface area contributed by atoms with Crippen LogP contribution in [0, 0.1) is 5.41 Å². The van der Waals surface area contributed by atoms with Crippen LogP contribution in [0.1, 0.15) is 41.0 Å². The Hall–Kier alpha value is -1.59. The Balaban J connectivity index is 0.00000242. The summed E-state index contributed by atoms with van der Waals surface area (Å²) in [6.07, 6.45) is 0.799. The molecule has 22 heavy (non-hydrogen) atoms. The third-order valence-electron chi connectivity index (χ3n) is 4.20. The third kappa shape index (κ3) is 3.78. The molecular weight excluding hydrogens is 302 g/mol. The van der Waals surface area contributed by atoms with Gasteiger partial charge in [0.1, 0.15) is 0 Å². The third-order valence-corrected chi connectivity index (χ3v) is 4.20. The number of amides is 2. The topological polar surface area (TPSA) is 75.4 Å². The number of nitrogens with one attached hydrogen (secondary N) is 1. The van der Waals surface area contributed by atoms with E-state index in [1.165, 1.54) is 0 Å². The van der Waals surface area contributed by atoms with Gasteiger partial charge in [0.2, 0.25) is 0 Å². The van der Waals surface area contributed by atoms with Crippen molar-refractivity contribution in [3.05, 3.63) is 35.4 Å². The second kappa shape index (κ2) is 7.11. The molecule has 122 valence electrons. The van der Waals surface area contributed by atoms with Crippen LogP contribution in [-0.4, -0.2) is 42.9 Å². The highest BCUT2D eigenvalue weighted by Gasteiger charge is 2.35. The fraction of sp³-hybridized carbons (Fsp3) is 0.500. The molecule has 1 heterocycles. The van der Waals surface area contributed by atoms with E-state index in [9.17, 15) is 9.59 Å². The summed E-state index contributed by atoms with van der Waals surface area (Å²) >= 11 is 0. The number of hydrogen-bond donors (Lipinski definition) is 2. The van der Waals surface area contributed by atoms with Crippen molar-refractivity contribution in [1.82, 2.24) is 10.2 Å². The lowest BCUT2D eigenvalue weighted by Gasteiger charge is -2.42. The second-order valence-corrected chi connectivity index (χ2v) is 6.27. The minimum absolute atomic E-state index is 0. The smallest absolute Gasteiger partial charge is 0.253 e. The Morgan fingerprint density at radius 1 is 1.32 bits per heavy atom. The molecule has 1 aromatic rings. The Labute approximate surface area is 137 Å². The van der Waals surface area contributed by atoms with Crippen LogP contribution in [0.4, 0.5) is 0 Å². The fourth-order valence-corrected chi connectivity index (χ4v) is 2.67. The van der Waals surface area contributed by atoms with Gasteiger partial charge in [-0.05, 0) is 30.0 Å². The van der Waals surface area contributed by atoms with Gasteiger partial charge in [0, 0.05) is 37.3 Å². The standard InChI is InChI=1S/C16H23N3O2.ClH/c1-16(2)10-19(8-7-13(16)17)15(21)12-6-4-5-11(9-12)14(20)18-3;/h4-6,9,13H,7-8,10,17H2,1-3H3,(H,18,20);1H. The Morgan fingerprint density at radius 3 is 2.55 bits per heavy atom. The van der Waals surface area contributed by atoms with E-state index in [4.69, 9.17) is 5.73 Å². The normalized spacial score (nSPS) is 20.0. The van der Waals surface area contributed by atoms with Crippen LogP contribution in [0.2, 0.25) is 0 Å². The monoisotopic (exact) mass is 325 g/mol. The molecule has 1 fully saturated rings. The number of rotatable bonds is 2. The van der Waals surface area contributed by atoms with Crippen LogP contribution in [0.15, 0.2) is 24.3 Å². The lowest BCUT2D eigenvalue weighted by atomic mass is 9.79. The van der Waals surface area contributed by atoms with E-state index in [2.05, 4.69) is 19.2 Å². The summed E-state index contributed by atoms with van der Waals surface area (Å²) < 4.78 is 0. The lowest BCUT2D eigenvalue weighted by Crippen LogP contribution is -2.54. The minimum atomic E-state index is -0.189. The number of carbonyl (C=O) groups is 2. The summed E-state index contributed by atoms with van der Waals surface area (Å²) in [5, 5.41) is 2.57. The maximum absolute atomic E-state index is 12.6. The van der Waals surface area contributed by atoms with Gasteiger partial charge in [-0.1, -0.05) is 19.9 Å². The molecule has 1 aliphatic rings. The average Bonchev–Trinajstić information content (AvgIpc) is 2.48. The SMILES string of the molecule is CNC(=O)c1cccc(C(=O)N2CCC(N)C(C)(C)C2)c1.Cl. The molecule has 1 aliphatic heterocycles. The minimum Gasteiger partial charge on any atom is -0.355 e. The van der Waals surface area contributed by atoms with E-state index in [0.29, 0.717) is 24.2 Å². The lowest BCUT2D eigenvalue weighted by molar-refractivity contribution is 0.0533. The van der Waals surface area contributed by atoms with E-state index >= 15 is 0 Å². The molecule has 1 unspecified atom stereocenters. The highest BCUT2D eigenvalue weighted by molar-refractivity contribution is 5.99. The number of nitrogens with two attached hydrogens (primary N) is 1. The van der Waals surface area contributed by atoms with Gasteiger partial charge in [0.15, 0.2) is 0 Å². The molecule has 0 radical (unpaired) electrons. The van der Waals surface area contributed by atoms with Crippen molar-refractivity contribution in [3.8, 4) is 0 Å². The van der Waals surface area contributed by atoms with E-state index in [1.54, 1.807) is 31.3 Å². The summed E-state index contributed by atoms with van der Waals surface area (Å²) in [4.78, 5) is 26.1. The molecule has 0 aliphatic carbocycles. The second-order valence-electron chi connectivity index (χ2n) is 6.27. The van der Waals surface area contributed by atoms with Crippen molar-refractivity contribution in [1.29, 1.82) is 0 Å². The van der Waals surface area contributed by atoms with Gasteiger partial charge < -0.3 is 16.0 Å². The molecule has 0 spiro atoms. The van der Waals surface area contributed by atoms with Gasteiger partial charge in [-0.3, -0.25) is 9.59 Å². The van der Waals surface area contributed by atoms with Crippen LogP contribution in [-0.2, 0) is 0 Å².